The van der Waals surface area contributed by atoms with E-state index in [0.717, 1.165) is 18.5 Å². The highest BCUT2D eigenvalue weighted by atomic mass is 16.5. The minimum absolute atomic E-state index is 0.146. The molecule has 1 aliphatic heterocycles. The molecule has 2 aliphatic rings. The van der Waals surface area contributed by atoms with Crippen molar-refractivity contribution in [3.05, 3.63) is 11.8 Å². The van der Waals surface area contributed by atoms with Gasteiger partial charge in [0.1, 0.15) is 0 Å². The van der Waals surface area contributed by atoms with E-state index in [-0.39, 0.29) is 23.8 Å². The maximum atomic E-state index is 12.2. The number of carbonyl (C=O) groups excluding carboxylic acids is 1. The number of hydrogen-bond acceptors (Lipinski definition) is 5. The Labute approximate surface area is 141 Å². The van der Waals surface area contributed by atoms with E-state index in [1.54, 1.807) is 6.07 Å². The van der Waals surface area contributed by atoms with Crippen molar-refractivity contribution in [1.29, 1.82) is 0 Å². The van der Waals surface area contributed by atoms with Gasteiger partial charge in [-0.25, -0.2) is 0 Å². The van der Waals surface area contributed by atoms with Crippen LogP contribution in [0.5, 0.6) is 0 Å². The minimum Gasteiger partial charge on any atom is -0.481 e. The van der Waals surface area contributed by atoms with Crippen LogP contribution < -0.4 is 5.32 Å². The Morgan fingerprint density at radius 2 is 2.25 bits per heavy atom. The first-order chi connectivity index (χ1) is 11.2. The van der Waals surface area contributed by atoms with Crippen LogP contribution in [-0.2, 0) is 15.0 Å². The van der Waals surface area contributed by atoms with Crippen LogP contribution in [0.2, 0.25) is 0 Å². The van der Waals surface area contributed by atoms with E-state index in [4.69, 9.17) is 4.52 Å². The van der Waals surface area contributed by atoms with Crippen molar-refractivity contribution < 1.29 is 19.2 Å². The number of carboxylic acid groups (broad SMARTS) is 1. The second-order valence-corrected chi connectivity index (χ2v) is 8.09. The molecular formula is C17H25N3O4. The van der Waals surface area contributed by atoms with Crippen LogP contribution in [0.25, 0.3) is 0 Å². The number of carbonyl (C=O) groups is 2. The van der Waals surface area contributed by atoms with Gasteiger partial charge in [-0.1, -0.05) is 32.3 Å². The lowest BCUT2D eigenvalue weighted by atomic mass is 9.81. The topological polar surface area (TPSA) is 95.7 Å². The molecule has 1 saturated carbocycles. The number of aromatic nitrogens is 1. The van der Waals surface area contributed by atoms with Crippen LogP contribution in [0.3, 0.4) is 0 Å². The second kappa shape index (κ2) is 5.88. The smallest absolute Gasteiger partial charge is 0.311 e. The van der Waals surface area contributed by atoms with E-state index in [1.165, 1.54) is 0 Å². The molecule has 132 valence electrons. The maximum absolute atomic E-state index is 12.2. The van der Waals surface area contributed by atoms with Crippen molar-refractivity contribution in [1.82, 2.24) is 10.1 Å². The average Bonchev–Trinajstić information content (AvgIpc) is 3.11. The Morgan fingerprint density at radius 3 is 2.83 bits per heavy atom. The molecule has 24 heavy (non-hydrogen) atoms. The van der Waals surface area contributed by atoms with Gasteiger partial charge in [0, 0.05) is 24.6 Å². The summed E-state index contributed by atoms with van der Waals surface area (Å²) in [6.45, 7) is 7.35. The average molecular weight is 335 g/mol. The molecule has 7 heteroatoms. The lowest BCUT2D eigenvalue weighted by Crippen LogP contribution is -2.37. The van der Waals surface area contributed by atoms with Crippen LogP contribution in [0.4, 0.5) is 5.88 Å². The van der Waals surface area contributed by atoms with Gasteiger partial charge in [0.2, 0.25) is 11.8 Å². The highest BCUT2D eigenvalue weighted by Gasteiger charge is 2.54. The molecule has 0 radical (unpaired) electrons. The quantitative estimate of drug-likeness (QED) is 0.875. The van der Waals surface area contributed by atoms with Crippen LogP contribution in [0.1, 0.15) is 45.7 Å². The Morgan fingerprint density at radius 1 is 1.50 bits per heavy atom. The van der Waals surface area contributed by atoms with E-state index in [1.807, 2.05) is 25.7 Å². The van der Waals surface area contributed by atoms with Crippen molar-refractivity contribution in [3.63, 3.8) is 0 Å². The lowest BCUT2D eigenvalue weighted by Gasteiger charge is -2.23. The molecule has 0 spiro atoms. The fourth-order valence-electron chi connectivity index (χ4n) is 3.93. The fraction of sp³-hybridized carbons (Fsp3) is 0.706. The molecule has 0 bridgehead atoms. The summed E-state index contributed by atoms with van der Waals surface area (Å²) in [4.78, 5) is 25.8. The van der Waals surface area contributed by atoms with E-state index in [0.29, 0.717) is 25.4 Å². The van der Waals surface area contributed by atoms with Gasteiger partial charge in [-0.3, -0.25) is 19.8 Å². The Hall–Kier alpha value is -1.89. The van der Waals surface area contributed by atoms with Crippen LogP contribution in [0.15, 0.2) is 10.6 Å². The number of carboxylic acids is 1. The Kier molecular flexibility index (Phi) is 4.15. The third-order valence-electron chi connectivity index (χ3n) is 5.28. The Bertz CT molecular complexity index is 649. The number of fused-ring (bicyclic) bond motifs is 1. The SMILES string of the molecule is CC(C)(C)c1cc(NC(=O)CN2C[C@@H]3CCC[C@@]3(C(=O)O)C2)on1. The molecule has 2 fully saturated rings. The zero-order valence-corrected chi connectivity index (χ0v) is 14.5. The van der Waals surface area contributed by atoms with Crippen molar-refractivity contribution in [3.8, 4) is 0 Å². The summed E-state index contributed by atoms with van der Waals surface area (Å²) in [5.74, 6) is -0.442. The number of aliphatic carboxylic acids is 1. The zero-order valence-electron chi connectivity index (χ0n) is 14.5. The molecule has 0 unspecified atom stereocenters. The van der Waals surface area contributed by atoms with Gasteiger partial charge in [0.15, 0.2) is 0 Å². The molecule has 1 aromatic heterocycles. The lowest BCUT2D eigenvalue weighted by molar-refractivity contribution is -0.149. The highest BCUT2D eigenvalue weighted by molar-refractivity contribution is 5.91. The summed E-state index contributed by atoms with van der Waals surface area (Å²) in [5.41, 5.74) is -0.0306. The third kappa shape index (κ3) is 3.05. The molecule has 1 aliphatic carbocycles. The van der Waals surface area contributed by atoms with Crippen LogP contribution in [0, 0.1) is 11.3 Å². The number of nitrogens with one attached hydrogen (secondary N) is 1. The molecule has 2 N–H and O–H groups in total. The number of amides is 1. The van der Waals surface area contributed by atoms with Gasteiger partial charge in [0.25, 0.3) is 0 Å². The number of rotatable bonds is 4. The van der Waals surface area contributed by atoms with E-state index < -0.39 is 11.4 Å². The van der Waals surface area contributed by atoms with Gasteiger partial charge < -0.3 is 9.63 Å². The third-order valence-corrected chi connectivity index (χ3v) is 5.28. The van der Waals surface area contributed by atoms with Crippen molar-refractivity contribution in [2.75, 3.05) is 25.0 Å². The first kappa shape index (κ1) is 17.0. The molecular weight excluding hydrogens is 310 g/mol. The van der Waals surface area contributed by atoms with Crippen LogP contribution in [-0.4, -0.2) is 46.7 Å². The first-order valence-electron chi connectivity index (χ1n) is 8.43. The van der Waals surface area contributed by atoms with Gasteiger partial charge >= 0.3 is 5.97 Å². The molecule has 7 nitrogen and oxygen atoms in total. The normalized spacial score (nSPS) is 27.2. The predicted molar refractivity (Wildman–Crippen MR) is 87.7 cm³/mol. The Balaban J connectivity index is 1.58. The molecule has 1 saturated heterocycles. The molecule has 2 heterocycles. The number of anilines is 1. The van der Waals surface area contributed by atoms with Gasteiger partial charge in [-0.15, -0.1) is 0 Å². The summed E-state index contributed by atoms with van der Waals surface area (Å²) < 4.78 is 5.16. The summed E-state index contributed by atoms with van der Waals surface area (Å²) in [7, 11) is 0. The molecule has 2 atom stereocenters. The van der Waals surface area contributed by atoms with Crippen molar-refractivity contribution >= 4 is 17.8 Å². The van der Waals surface area contributed by atoms with E-state index in [9.17, 15) is 14.7 Å². The molecule has 1 amide bonds. The second-order valence-electron chi connectivity index (χ2n) is 8.09. The standard InChI is InChI=1S/C17H25N3O4/c1-16(2,3)12-7-14(24-19-12)18-13(21)9-20-8-11-5-4-6-17(11,10-20)15(22)23/h7,11H,4-6,8-10H2,1-3H3,(H,18,21)(H,22,23)/t11-,17+/m0/s1. The summed E-state index contributed by atoms with van der Waals surface area (Å²) in [6, 6.07) is 1.73. The van der Waals surface area contributed by atoms with Crippen LogP contribution >= 0.6 is 0 Å². The monoisotopic (exact) mass is 335 g/mol. The van der Waals surface area contributed by atoms with E-state index in [2.05, 4.69) is 10.5 Å². The predicted octanol–water partition coefficient (Wildman–Crippen LogP) is 2.10. The van der Waals surface area contributed by atoms with Gasteiger partial charge in [-0.2, -0.15) is 0 Å². The summed E-state index contributed by atoms with van der Waals surface area (Å²) in [5, 5.41) is 16.3. The molecule has 3 rings (SSSR count). The highest BCUT2D eigenvalue weighted by Crippen LogP contribution is 2.48. The number of hydrogen-bond donors (Lipinski definition) is 2. The van der Waals surface area contributed by atoms with E-state index >= 15 is 0 Å². The molecule has 0 aromatic carbocycles. The van der Waals surface area contributed by atoms with Crippen molar-refractivity contribution in [2.45, 2.75) is 45.4 Å². The van der Waals surface area contributed by atoms with Gasteiger partial charge in [-0.05, 0) is 18.8 Å². The summed E-state index contributed by atoms with van der Waals surface area (Å²) >= 11 is 0. The fourth-order valence-corrected chi connectivity index (χ4v) is 3.93. The number of nitrogens with zero attached hydrogens (tertiary/aromatic N) is 2. The molecule has 1 aromatic rings. The number of likely N-dealkylation sites (tertiary alicyclic amines) is 1. The van der Waals surface area contributed by atoms with Gasteiger partial charge in [0.05, 0.1) is 17.7 Å². The van der Waals surface area contributed by atoms with Crippen molar-refractivity contribution in [2.24, 2.45) is 11.3 Å². The zero-order chi connectivity index (χ0) is 17.5. The largest absolute Gasteiger partial charge is 0.481 e. The summed E-state index contributed by atoms with van der Waals surface area (Å²) in [6.07, 6.45) is 2.61. The maximum Gasteiger partial charge on any atom is 0.311 e. The minimum atomic E-state index is -0.724. The first-order valence-corrected chi connectivity index (χ1v) is 8.43.